The molecule has 0 aliphatic carbocycles. The van der Waals surface area contributed by atoms with E-state index in [0.717, 1.165) is 24.0 Å². The number of nitrogens with one attached hydrogen (secondary N) is 1. The average molecular weight is 281 g/mol. The average Bonchev–Trinajstić information content (AvgIpc) is 2.29. The molecular formula is C13H17BrN2. The molecule has 0 amide bonds. The first kappa shape index (κ1) is 13.2. The van der Waals surface area contributed by atoms with E-state index in [1.165, 1.54) is 11.1 Å². The predicted octanol–water partition coefficient (Wildman–Crippen LogP) is 3.40. The van der Waals surface area contributed by atoms with Crippen LogP contribution < -0.4 is 5.32 Å². The molecule has 1 atom stereocenters. The molecule has 1 aromatic carbocycles. The molecule has 0 saturated carbocycles. The first-order chi connectivity index (χ1) is 7.67. The number of nitriles is 1. The van der Waals surface area contributed by atoms with E-state index in [9.17, 15) is 0 Å². The molecule has 86 valence electrons. The summed E-state index contributed by atoms with van der Waals surface area (Å²) in [5, 5.41) is 12.2. The first-order valence-electron chi connectivity index (χ1n) is 5.52. The van der Waals surface area contributed by atoms with Gasteiger partial charge in [-0.15, -0.1) is 0 Å². The molecule has 0 aromatic heterocycles. The Morgan fingerprint density at radius 1 is 1.50 bits per heavy atom. The smallest absolute Gasteiger partial charge is 0.0669 e. The lowest BCUT2D eigenvalue weighted by atomic mass is 10.1. The maximum absolute atomic E-state index is 8.82. The van der Waals surface area contributed by atoms with Gasteiger partial charge in [-0.3, -0.25) is 0 Å². The molecule has 1 unspecified atom stereocenters. The fourth-order valence-corrected chi connectivity index (χ4v) is 1.90. The molecule has 16 heavy (non-hydrogen) atoms. The normalized spacial score (nSPS) is 12.1. The molecule has 0 bridgehead atoms. The van der Waals surface area contributed by atoms with Crippen LogP contribution in [0.3, 0.4) is 0 Å². The van der Waals surface area contributed by atoms with Crippen molar-refractivity contribution in [2.45, 2.75) is 26.8 Å². The summed E-state index contributed by atoms with van der Waals surface area (Å²) in [5.74, 6) is 0.118. The molecule has 3 heteroatoms. The Morgan fingerprint density at radius 2 is 2.25 bits per heavy atom. The molecule has 0 spiro atoms. The van der Waals surface area contributed by atoms with Crippen molar-refractivity contribution in [2.75, 3.05) is 6.54 Å². The van der Waals surface area contributed by atoms with Crippen LogP contribution in [0, 0.1) is 24.2 Å². The number of halogens is 1. The third kappa shape index (κ3) is 3.96. The van der Waals surface area contributed by atoms with Crippen LogP contribution in [0.5, 0.6) is 0 Å². The molecule has 0 aliphatic rings. The Bertz CT molecular complexity index is 382. The highest BCUT2D eigenvalue weighted by atomic mass is 79.9. The Hall–Kier alpha value is -0.850. The summed E-state index contributed by atoms with van der Waals surface area (Å²) in [5.41, 5.74) is 2.56. The molecule has 2 nitrogen and oxygen atoms in total. The second-order valence-corrected chi connectivity index (χ2v) is 4.85. The zero-order chi connectivity index (χ0) is 12.0. The van der Waals surface area contributed by atoms with E-state index in [1.54, 1.807) is 0 Å². The molecule has 0 aliphatic heterocycles. The van der Waals surface area contributed by atoms with Crippen molar-refractivity contribution in [3.63, 3.8) is 0 Å². The number of hydrogen-bond acceptors (Lipinski definition) is 2. The molecule has 0 heterocycles. The maximum atomic E-state index is 8.82. The highest BCUT2D eigenvalue weighted by Gasteiger charge is 2.04. The first-order valence-corrected chi connectivity index (χ1v) is 6.32. The van der Waals surface area contributed by atoms with Crippen LogP contribution in [-0.4, -0.2) is 6.54 Å². The fourth-order valence-electron chi connectivity index (χ4n) is 1.49. The molecule has 0 saturated heterocycles. The lowest BCUT2D eigenvalue weighted by Crippen LogP contribution is -2.21. The Morgan fingerprint density at radius 3 is 2.88 bits per heavy atom. The van der Waals surface area contributed by atoms with Crippen molar-refractivity contribution in [3.8, 4) is 6.07 Å². The maximum Gasteiger partial charge on any atom is 0.0669 e. The Labute approximate surface area is 106 Å². The topological polar surface area (TPSA) is 35.8 Å². The van der Waals surface area contributed by atoms with Crippen LogP contribution in [-0.2, 0) is 6.54 Å². The second-order valence-electron chi connectivity index (χ2n) is 3.94. The lowest BCUT2D eigenvalue weighted by molar-refractivity contribution is 0.552. The Kier molecular flexibility index (Phi) is 5.51. The van der Waals surface area contributed by atoms with Gasteiger partial charge in [0.05, 0.1) is 12.0 Å². The van der Waals surface area contributed by atoms with Gasteiger partial charge in [-0.2, -0.15) is 5.26 Å². The molecule has 1 rings (SSSR count). The Balaban J connectivity index is 2.49. The largest absolute Gasteiger partial charge is 0.311 e. The van der Waals surface area contributed by atoms with Crippen LogP contribution in [0.1, 0.15) is 24.5 Å². The highest BCUT2D eigenvalue weighted by Crippen LogP contribution is 2.15. The van der Waals surface area contributed by atoms with E-state index in [0.29, 0.717) is 0 Å². The summed E-state index contributed by atoms with van der Waals surface area (Å²) < 4.78 is 1.10. The van der Waals surface area contributed by atoms with Gasteiger partial charge in [0, 0.05) is 17.6 Å². The van der Waals surface area contributed by atoms with E-state index in [4.69, 9.17) is 5.26 Å². The summed E-state index contributed by atoms with van der Waals surface area (Å²) in [6.07, 6.45) is 0.904. The third-order valence-electron chi connectivity index (χ3n) is 2.69. The van der Waals surface area contributed by atoms with Gasteiger partial charge in [0.2, 0.25) is 0 Å². The second kappa shape index (κ2) is 6.67. The van der Waals surface area contributed by atoms with Crippen LogP contribution in [0.25, 0.3) is 0 Å². The van der Waals surface area contributed by atoms with E-state index >= 15 is 0 Å². The summed E-state index contributed by atoms with van der Waals surface area (Å²) in [6.45, 7) is 5.73. The van der Waals surface area contributed by atoms with Crippen molar-refractivity contribution in [1.82, 2.24) is 5.32 Å². The standard InChI is InChI=1S/C13H17BrN2/c1-3-11(7-15)8-16-9-12-6-13(14)5-4-10(12)2/h4-6,11,16H,3,8-9H2,1-2H3. The van der Waals surface area contributed by atoms with Gasteiger partial charge >= 0.3 is 0 Å². The minimum Gasteiger partial charge on any atom is -0.311 e. The van der Waals surface area contributed by atoms with Crippen molar-refractivity contribution in [1.29, 1.82) is 5.26 Å². The SMILES string of the molecule is CCC(C#N)CNCc1cc(Br)ccc1C. The summed E-state index contributed by atoms with van der Waals surface area (Å²) in [6, 6.07) is 8.56. The van der Waals surface area contributed by atoms with Crippen LogP contribution in [0.2, 0.25) is 0 Å². The number of rotatable bonds is 5. The number of nitrogens with zero attached hydrogens (tertiary/aromatic N) is 1. The van der Waals surface area contributed by atoms with Gasteiger partial charge in [-0.1, -0.05) is 28.9 Å². The van der Waals surface area contributed by atoms with Gasteiger partial charge in [-0.25, -0.2) is 0 Å². The summed E-state index contributed by atoms with van der Waals surface area (Å²) in [7, 11) is 0. The van der Waals surface area contributed by atoms with E-state index in [1.807, 2.05) is 13.0 Å². The van der Waals surface area contributed by atoms with Gasteiger partial charge in [-0.05, 0) is 36.6 Å². The minimum absolute atomic E-state index is 0.118. The number of aryl methyl sites for hydroxylation is 1. The molecule has 1 N–H and O–H groups in total. The van der Waals surface area contributed by atoms with Crippen molar-refractivity contribution in [3.05, 3.63) is 33.8 Å². The quantitative estimate of drug-likeness (QED) is 0.898. The third-order valence-corrected chi connectivity index (χ3v) is 3.19. The monoisotopic (exact) mass is 280 g/mol. The van der Waals surface area contributed by atoms with Gasteiger partial charge in [0.15, 0.2) is 0 Å². The zero-order valence-electron chi connectivity index (χ0n) is 9.76. The summed E-state index contributed by atoms with van der Waals surface area (Å²) >= 11 is 3.46. The van der Waals surface area contributed by atoms with E-state index in [2.05, 4.69) is 46.4 Å². The summed E-state index contributed by atoms with van der Waals surface area (Å²) in [4.78, 5) is 0. The van der Waals surface area contributed by atoms with Gasteiger partial charge in [0.1, 0.15) is 0 Å². The number of benzene rings is 1. The predicted molar refractivity (Wildman–Crippen MR) is 70.0 cm³/mol. The molecule has 0 radical (unpaired) electrons. The van der Waals surface area contributed by atoms with Crippen LogP contribution in [0.4, 0.5) is 0 Å². The fraction of sp³-hybridized carbons (Fsp3) is 0.462. The van der Waals surface area contributed by atoms with Gasteiger partial charge in [0.25, 0.3) is 0 Å². The van der Waals surface area contributed by atoms with Crippen molar-refractivity contribution < 1.29 is 0 Å². The molecular weight excluding hydrogens is 264 g/mol. The van der Waals surface area contributed by atoms with Crippen LogP contribution >= 0.6 is 15.9 Å². The van der Waals surface area contributed by atoms with Crippen LogP contribution in [0.15, 0.2) is 22.7 Å². The molecule has 1 aromatic rings. The minimum atomic E-state index is 0.118. The zero-order valence-corrected chi connectivity index (χ0v) is 11.3. The highest BCUT2D eigenvalue weighted by molar-refractivity contribution is 9.10. The van der Waals surface area contributed by atoms with Crippen molar-refractivity contribution >= 4 is 15.9 Å². The lowest BCUT2D eigenvalue weighted by Gasteiger charge is -2.10. The van der Waals surface area contributed by atoms with E-state index < -0.39 is 0 Å². The van der Waals surface area contributed by atoms with Gasteiger partial charge < -0.3 is 5.32 Å². The number of hydrogen-bond donors (Lipinski definition) is 1. The van der Waals surface area contributed by atoms with E-state index in [-0.39, 0.29) is 5.92 Å². The molecule has 0 fully saturated rings. The van der Waals surface area contributed by atoms with Crippen molar-refractivity contribution in [2.24, 2.45) is 5.92 Å².